The van der Waals surface area contributed by atoms with Gasteiger partial charge in [0, 0.05) is 6.54 Å². The first-order valence-corrected chi connectivity index (χ1v) is 12.0. The van der Waals surface area contributed by atoms with Crippen molar-refractivity contribution in [3.05, 3.63) is 102 Å². The molecular formula is C25H27F3N2O2S. The molecule has 0 aromatic heterocycles. The predicted octanol–water partition coefficient (Wildman–Crippen LogP) is 5.55. The van der Waals surface area contributed by atoms with Gasteiger partial charge in [-0.3, -0.25) is 0 Å². The summed E-state index contributed by atoms with van der Waals surface area (Å²) < 4.78 is 74.0. The summed E-state index contributed by atoms with van der Waals surface area (Å²) in [5, 5.41) is 0. The molecule has 0 fully saturated rings. The predicted molar refractivity (Wildman–Crippen MR) is 123 cm³/mol. The number of benzene rings is 3. The lowest BCUT2D eigenvalue weighted by Crippen LogP contribution is -2.63. The molecule has 2 unspecified atom stereocenters. The summed E-state index contributed by atoms with van der Waals surface area (Å²) in [5.74, 6) is 0. The van der Waals surface area contributed by atoms with Crippen LogP contribution in [0.3, 0.4) is 0 Å². The molecule has 3 aromatic rings. The molecule has 3 aromatic carbocycles. The van der Waals surface area contributed by atoms with E-state index >= 15 is 13.2 Å². The van der Waals surface area contributed by atoms with Gasteiger partial charge >= 0.3 is 6.18 Å². The average molecular weight is 477 g/mol. The first-order valence-electron chi connectivity index (χ1n) is 10.6. The van der Waals surface area contributed by atoms with Crippen molar-refractivity contribution in [2.24, 2.45) is 5.73 Å². The number of aryl methyl sites for hydroxylation is 1. The van der Waals surface area contributed by atoms with Gasteiger partial charge in [0.2, 0.25) is 10.0 Å². The van der Waals surface area contributed by atoms with E-state index in [1.54, 1.807) is 50.2 Å². The van der Waals surface area contributed by atoms with Gasteiger partial charge in [0.05, 0.1) is 10.9 Å². The molecule has 0 heterocycles. The van der Waals surface area contributed by atoms with Crippen LogP contribution in [0, 0.1) is 6.92 Å². The van der Waals surface area contributed by atoms with Crippen molar-refractivity contribution in [3.63, 3.8) is 0 Å². The average Bonchev–Trinajstić information content (AvgIpc) is 2.79. The van der Waals surface area contributed by atoms with Crippen molar-refractivity contribution in [3.8, 4) is 0 Å². The third-order valence-electron chi connectivity index (χ3n) is 5.68. The van der Waals surface area contributed by atoms with Gasteiger partial charge in [-0.1, -0.05) is 85.3 Å². The van der Waals surface area contributed by atoms with Gasteiger partial charge in [-0.15, -0.1) is 0 Å². The van der Waals surface area contributed by atoms with Crippen molar-refractivity contribution in [2.45, 2.75) is 42.9 Å². The summed E-state index contributed by atoms with van der Waals surface area (Å²) in [7, 11) is -4.59. The standard InChI is InChI=1S/C25H27F3N2O2S/c1-3-18-30(33(31,32)22-16-14-19(2)15-17-22)24(25(26,27)28,21-12-8-5-9-13-21)23(29)20-10-6-4-7-11-20/h4-17,23H,3,18,29H2,1-2H3. The Balaban J connectivity index is 2.40. The molecule has 0 amide bonds. The lowest BCUT2D eigenvalue weighted by molar-refractivity contribution is -0.231. The maximum absolute atomic E-state index is 15.3. The molecule has 2 N–H and O–H groups in total. The molecule has 0 saturated carbocycles. The molecule has 0 saturated heterocycles. The van der Waals surface area contributed by atoms with Crippen LogP contribution in [0.1, 0.15) is 36.1 Å². The fourth-order valence-corrected chi connectivity index (χ4v) is 5.94. The summed E-state index contributed by atoms with van der Waals surface area (Å²) in [6.45, 7) is 3.04. The van der Waals surface area contributed by atoms with Crippen molar-refractivity contribution in [2.75, 3.05) is 6.54 Å². The van der Waals surface area contributed by atoms with Gasteiger partial charge in [0.1, 0.15) is 0 Å². The number of nitrogens with two attached hydrogens (primary N) is 1. The van der Waals surface area contributed by atoms with Gasteiger partial charge in [-0.2, -0.15) is 17.5 Å². The third kappa shape index (κ3) is 4.55. The number of sulfonamides is 1. The Kier molecular flexibility index (Phi) is 7.31. The van der Waals surface area contributed by atoms with Crippen molar-refractivity contribution in [1.29, 1.82) is 0 Å². The minimum Gasteiger partial charge on any atom is -0.322 e. The van der Waals surface area contributed by atoms with Gasteiger partial charge in [0.15, 0.2) is 5.54 Å². The molecule has 0 spiro atoms. The van der Waals surface area contributed by atoms with Crippen LogP contribution in [0.2, 0.25) is 0 Å². The SMILES string of the molecule is CCCN(C(c1ccccc1)(C(N)c1ccccc1)C(F)(F)F)S(=O)(=O)c1ccc(C)cc1. The molecule has 2 atom stereocenters. The van der Waals surface area contributed by atoms with Gasteiger partial charge in [0.25, 0.3) is 0 Å². The van der Waals surface area contributed by atoms with Crippen LogP contribution in [0.25, 0.3) is 0 Å². The van der Waals surface area contributed by atoms with E-state index in [2.05, 4.69) is 0 Å². The van der Waals surface area contributed by atoms with Crippen molar-refractivity contribution in [1.82, 2.24) is 4.31 Å². The fourth-order valence-electron chi connectivity index (χ4n) is 4.08. The molecule has 4 nitrogen and oxygen atoms in total. The number of rotatable bonds is 8. The summed E-state index contributed by atoms with van der Waals surface area (Å²) in [5.41, 5.74) is 4.10. The highest BCUT2D eigenvalue weighted by Crippen LogP contribution is 2.52. The summed E-state index contributed by atoms with van der Waals surface area (Å²) in [6.07, 6.45) is -4.87. The molecule has 176 valence electrons. The lowest BCUT2D eigenvalue weighted by Gasteiger charge is -2.47. The first kappa shape index (κ1) is 25.0. The highest BCUT2D eigenvalue weighted by atomic mass is 32.2. The van der Waals surface area contributed by atoms with Crippen LogP contribution in [0.5, 0.6) is 0 Å². The second-order valence-electron chi connectivity index (χ2n) is 7.91. The Bertz CT molecular complexity index is 1150. The summed E-state index contributed by atoms with van der Waals surface area (Å²) in [6, 6.07) is 18.9. The van der Waals surface area contributed by atoms with E-state index in [4.69, 9.17) is 5.73 Å². The maximum atomic E-state index is 15.3. The highest BCUT2D eigenvalue weighted by Gasteiger charge is 2.66. The number of hydrogen-bond acceptors (Lipinski definition) is 3. The van der Waals surface area contributed by atoms with Crippen LogP contribution >= 0.6 is 0 Å². The van der Waals surface area contributed by atoms with Crippen molar-refractivity contribution < 1.29 is 21.6 Å². The van der Waals surface area contributed by atoms with Crippen LogP contribution in [-0.2, 0) is 15.6 Å². The molecule has 0 bridgehead atoms. The molecule has 8 heteroatoms. The molecule has 0 radical (unpaired) electrons. The smallest absolute Gasteiger partial charge is 0.322 e. The molecule has 33 heavy (non-hydrogen) atoms. The Hall–Kier alpha value is -2.68. The number of alkyl halides is 3. The van der Waals surface area contributed by atoms with Crippen molar-refractivity contribution >= 4 is 10.0 Å². The number of hydrogen-bond donors (Lipinski definition) is 1. The fraction of sp³-hybridized carbons (Fsp3) is 0.280. The van der Waals surface area contributed by atoms with E-state index in [9.17, 15) is 8.42 Å². The zero-order valence-corrected chi connectivity index (χ0v) is 19.3. The Morgan fingerprint density at radius 2 is 1.39 bits per heavy atom. The quantitative estimate of drug-likeness (QED) is 0.463. The van der Waals surface area contributed by atoms with E-state index in [0.29, 0.717) is 4.31 Å². The Morgan fingerprint density at radius 3 is 1.88 bits per heavy atom. The van der Waals surface area contributed by atoms with E-state index in [1.165, 1.54) is 48.5 Å². The van der Waals surface area contributed by atoms with E-state index in [-0.39, 0.29) is 29.0 Å². The minimum atomic E-state index is -5.03. The number of nitrogens with zero attached hydrogens (tertiary/aromatic N) is 1. The Labute approximate surface area is 192 Å². The number of halogens is 3. The third-order valence-corrected chi connectivity index (χ3v) is 7.60. The van der Waals surface area contributed by atoms with E-state index in [1.807, 2.05) is 0 Å². The zero-order chi connectivity index (χ0) is 24.3. The van der Waals surface area contributed by atoms with Crippen LogP contribution in [0.15, 0.2) is 89.8 Å². The summed E-state index contributed by atoms with van der Waals surface area (Å²) >= 11 is 0. The molecule has 3 rings (SSSR count). The lowest BCUT2D eigenvalue weighted by atomic mass is 9.78. The van der Waals surface area contributed by atoms with Crippen LogP contribution in [-0.4, -0.2) is 25.4 Å². The second-order valence-corrected chi connectivity index (χ2v) is 9.77. The van der Waals surface area contributed by atoms with E-state index < -0.39 is 27.8 Å². The summed E-state index contributed by atoms with van der Waals surface area (Å²) in [4.78, 5) is -0.216. The van der Waals surface area contributed by atoms with Crippen LogP contribution < -0.4 is 5.73 Å². The Morgan fingerprint density at radius 1 is 0.879 bits per heavy atom. The monoisotopic (exact) mass is 476 g/mol. The molecule has 0 aliphatic heterocycles. The highest BCUT2D eigenvalue weighted by molar-refractivity contribution is 7.89. The largest absolute Gasteiger partial charge is 0.413 e. The topological polar surface area (TPSA) is 63.4 Å². The van der Waals surface area contributed by atoms with E-state index in [0.717, 1.165) is 5.56 Å². The second kappa shape index (κ2) is 9.67. The first-order chi connectivity index (χ1) is 15.6. The minimum absolute atomic E-state index is 0.164. The van der Waals surface area contributed by atoms with Gasteiger partial charge in [-0.05, 0) is 36.6 Å². The maximum Gasteiger partial charge on any atom is 0.413 e. The molecule has 0 aliphatic carbocycles. The normalized spacial score (nSPS) is 15.2. The zero-order valence-electron chi connectivity index (χ0n) is 18.5. The van der Waals surface area contributed by atoms with Gasteiger partial charge in [-0.25, -0.2) is 8.42 Å². The van der Waals surface area contributed by atoms with Crippen LogP contribution in [0.4, 0.5) is 13.2 Å². The molecule has 0 aliphatic rings. The molecular weight excluding hydrogens is 449 g/mol. The van der Waals surface area contributed by atoms with Gasteiger partial charge < -0.3 is 5.73 Å².